The van der Waals surface area contributed by atoms with E-state index in [0.29, 0.717) is 0 Å². The second-order valence-electron chi connectivity index (χ2n) is 4.69. The van der Waals surface area contributed by atoms with Crippen LogP contribution in [0.5, 0.6) is 0 Å². The second kappa shape index (κ2) is 6.08. The number of pyridine rings is 1. The molecule has 0 aromatic carbocycles. The lowest BCUT2D eigenvalue weighted by molar-refractivity contribution is 0.601. The average molecular weight is 350 g/mol. The standard InChI is InChI=1S/C15H16BrN3S/c1-2-6-17-15(12-9-20-10-13(12)16)11-8-18-19-7-4-3-5-14(11)19/h3-5,7-10,15,17H,2,6H2,1H3. The van der Waals surface area contributed by atoms with Crippen molar-refractivity contribution in [3.8, 4) is 0 Å². The van der Waals surface area contributed by atoms with Crippen LogP contribution in [-0.4, -0.2) is 16.2 Å². The van der Waals surface area contributed by atoms with E-state index in [9.17, 15) is 0 Å². The first-order valence-corrected chi connectivity index (χ1v) is 8.42. The van der Waals surface area contributed by atoms with Crippen molar-refractivity contribution in [1.82, 2.24) is 14.9 Å². The molecule has 3 nitrogen and oxygen atoms in total. The minimum atomic E-state index is 0.176. The molecule has 0 saturated heterocycles. The Kier molecular flexibility index (Phi) is 4.19. The van der Waals surface area contributed by atoms with Gasteiger partial charge in [-0.1, -0.05) is 13.0 Å². The highest BCUT2D eigenvalue weighted by Crippen LogP contribution is 2.33. The lowest BCUT2D eigenvalue weighted by Crippen LogP contribution is -2.23. The van der Waals surface area contributed by atoms with Gasteiger partial charge < -0.3 is 5.32 Å². The Balaban J connectivity index is 2.07. The molecule has 1 atom stereocenters. The third-order valence-corrected chi connectivity index (χ3v) is 5.07. The Morgan fingerprint density at radius 2 is 2.25 bits per heavy atom. The van der Waals surface area contributed by atoms with Gasteiger partial charge in [0.2, 0.25) is 0 Å². The number of thiophene rings is 1. The van der Waals surface area contributed by atoms with Gasteiger partial charge in [0, 0.05) is 21.6 Å². The molecule has 3 aromatic heterocycles. The molecule has 20 heavy (non-hydrogen) atoms. The number of fused-ring (bicyclic) bond motifs is 1. The first-order valence-electron chi connectivity index (χ1n) is 6.68. The van der Waals surface area contributed by atoms with Crippen LogP contribution in [0.25, 0.3) is 5.52 Å². The molecule has 0 aliphatic heterocycles. The van der Waals surface area contributed by atoms with E-state index in [-0.39, 0.29) is 6.04 Å². The van der Waals surface area contributed by atoms with Crippen LogP contribution in [-0.2, 0) is 0 Å². The molecule has 5 heteroatoms. The number of nitrogens with zero attached hydrogens (tertiary/aromatic N) is 2. The van der Waals surface area contributed by atoms with Crippen molar-refractivity contribution >= 4 is 32.8 Å². The van der Waals surface area contributed by atoms with Gasteiger partial charge >= 0.3 is 0 Å². The van der Waals surface area contributed by atoms with E-state index >= 15 is 0 Å². The number of halogens is 1. The van der Waals surface area contributed by atoms with Crippen molar-refractivity contribution in [2.24, 2.45) is 0 Å². The van der Waals surface area contributed by atoms with Crippen molar-refractivity contribution in [3.63, 3.8) is 0 Å². The fourth-order valence-electron chi connectivity index (χ4n) is 2.35. The van der Waals surface area contributed by atoms with Crippen LogP contribution in [0.15, 0.2) is 45.8 Å². The number of hydrogen-bond donors (Lipinski definition) is 1. The van der Waals surface area contributed by atoms with E-state index < -0.39 is 0 Å². The quantitative estimate of drug-likeness (QED) is 0.746. The molecule has 104 valence electrons. The summed E-state index contributed by atoms with van der Waals surface area (Å²) in [6.07, 6.45) is 5.06. The molecule has 0 amide bonds. The van der Waals surface area contributed by atoms with Crippen LogP contribution in [0, 0.1) is 0 Å². The lowest BCUT2D eigenvalue weighted by Gasteiger charge is -2.17. The molecule has 0 saturated carbocycles. The minimum absolute atomic E-state index is 0.176. The predicted octanol–water partition coefficient (Wildman–Crippen LogP) is 4.25. The lowest BCUT2D eigenvalue weighted by atomic mass is 10.0. The molecule has 3 rings (SSSR count). The highest BCUT2D eigenvalue weighted by Gasteiger charge is 2.20. The van der Waals surface area contributed by atoms with Crippen LogP contribution in [0.4, 0.5) is 0 Å². The van der Waals surface area contributed by atoms with Crippen molar-refractivity contribution in [2.45, 2.75) is 19.4 Å². The Hall–Kier alpha value is -1.17. The van der Waals surface area contributed by atoms with Crippen molar-refractivity contribution < 1.29 is 0 Å². The number of hydrogen-bond acceptors (Lipinski definition) is 3. The van der Waals surface area contributed by atoms with E-state index in [2.05, 4.69) is 56.2 Å². The van der Waals surface area contributed by atoms with E-state index in [1.165, 1.54) is 11.1 Å². The summed E-state index contributed by atoms with van der Waals surface area (Å²) in [5.41, 5.74) is 3.65. The van der Waals surface area contributed by atoms with E-state index in [0.717, 1.165) is 23.0 Å². The summed E-state index contributed by atoms with van der Waals surface area (Å²) in [6.45, 7) is 3.17. The molecule has 0 aliphatic rings. The minimum Gasteiger partial charge on any atom is -0.306 e. The van der Waals surface area contributed by atoms with Gasteiger partial charge in [-0.2, -0.15) is 16.4 Å². The summed E-state index contributed by atoms with van der Waals surface area (Å²) >= 11 is 5.37. The maximum atomic E-state index is 4.45. The predicted molar refractivity (Wildman–Crippen MR) is 87.3 cm³/mol. The first kappa shape index (κ1) is 13.8. The molecule has 3 aromatic rings. The van der Waals surface area contributed by atoms with Gasteiger partial charge in [0.1, 0.15) is 0 Å². The number of aromatic nitrogens is 2. The van der Waals surface area contributed by atoms with Gasteiger partial charge in [-0.15, -0.1) is 0 Å². The highest BCUT2D eigenvalue weighted by atomic mass is 79.9. The molecule has 0 spiro atoms. The number of nitrogens with one attached hydrogen (secondary N) is 1. The summed E-state index contributed by atoms with van der Waals surface area (Å²) in [5.74, 6) is 0. The van der Waals surface area contributed by atoms with E-state index in [4.69, 9.17) is 0 Å². The molecule has 1 unspecified atom stereocenters. The maximum absolute atomic E-state index is 4.45. The highest BCUT2D eigenvalue weighted by molar-refractivity contribution is 9.10. The molecule has 3 heterocycles. The molecular weight excluding hydrogens is 334 g/mol. The molecule has 0 radical (unpaired) electrons. The van der Waals surface area contributed by atoms with E-state index in [1.54, 1.807) is 11.3 Å². The van der Waals surface area contributed by atoms with Crippen molar-refractivity contribution in [2.75, 3.05) is 6.54 Å². The summed E-state index contributed by atoms with van der Waals surface area (Å²) < 4.78 is 3.09. The zero-order valence-electron chi connectivity index (χ0n) is 11.2. The van der Waals surface area contributed by atoms with Crippen LogP contribution in [0.3, 0.4) is 0 Å². The topological polar surface area (TPSA) is 29.3 Å². The summed E-state index contributed by atoms with van der Waals surface area (Å²) in [5, 5.41) is 12.4. The first-order chi connectivity index (χ1) is 9.81. The SMILES string of the molecule is CCCNC(c1cscc1Br)c1cnn2ccccc12. The van der Waals surface area contributed by atoms with Crippen LogP contribution in [0.2, 0.25) is 0 Å². The summed E-state index contributed by atoms with van der Waals surface area (Å²) in [4.78, 5) is 0. The maximum Gasteiger partial charge on any atom is 0.0712 e. The van der Waals surface area contributed by atoms with Gasteiger partial charge in [-0.3, -0.25) is 0 Å². The molecular formula is C15H16BrN3S. The van der Waals surface area contributed by atoms with Gasteiger partial charge in [-0.05, 0) is 52.0 Å². The van der Waals surface area contributed by atoms with Crippen LogP contribution >= 0.6 is 27.3 Å². The Morgan fingerprint density at radius 3 is 3.00 bits per heavy atom. The van der Waals surface area contributed by atoms with Gasteiger partial charge in [0.05, 0.1) is 17.8 Å². The van der Waals surface area contributed by atoms with Crippen molar-refractivity contribution in [3.05, 3.63) is 57.0 Å². The van der Waals surface area contributed by atoms with Gasteiger partial charge in [0.15, 0.2) is 0 Å². The van der Waals surface area contributed by atoms with Crippen LogP contribution in [0.1, 0.15) is 30.5 Å². The molecule has 0 bridgehead atoms. The van der Waals surface area contributed by atoms with E-state index in [1.807, 2.05) is 23.0 Å². The summed E-state index contributed by atoms with van der Waals surface area (Å²) in [7, 11) is 0. The average Bonchev–Trinajstić information content (AvgIpc) is 3.07. The largest absolute Gasteiger partial charge is 0.306 e. The third-order valence-electron chi connectivity index (χ3n) is 3.32. The Labute approximate surface area is 130 Å². The third kappa shape index (κ3) is 2.53. The zero-order valence-corrected chi connectivity index (χ0v) is 13.6. The second-order valence-corrected chi connectivity index (χ2v) is 6.29. The fraction of sp³-hybridized carbons (Fsp3) is 0.267. The smallest absolute Gasteiger partial charge is 0.0712 e. The monoisotopic (exact) mass is 349 g/mol. The molecule has 0 aliphatic carbocycles. The normalized spacial score (nSPS) is 12.9. The molecule has 1 N–H and O–H groups in total. The van der Waals surface area contributed by atoms with Gasteiger partial charge in [0.25, 0.3) is 0 Å². The number of rotatable bonds is 5. The Morgan fingerprint density at radius 1 is 1.35 bits per heavy atom. The molecule has 0 fully saturated rings. The zero-order chi connectivity index (χ0) is 13.9. The summed E-state index contributed by atoms with van der Waals surface area (Å²) in [6, 6.07) is 6.35. The van der Waals surface area contributed by atoms with Gasteiger partial charge in [-0.25, -0.2) is 4.52 Å². The Bertz CT molecular complexity index is 704. The van der Waals surface area contributed by atoms with Crippen molar-refractivity contribution in [1.29, 1.82) is 0 Å². The fourth-order valence-corrected chi connectivity index (χ4v) is 3.90. The van der Waals surface area contributed by atoms with Crippen LogP contribution < -0.4 is 5.32 Å².